The summed E-state index contributed by atoms with van der Waals surface area (Å²) in [6.45, 7) is 0. The van der Waals surface area contributed by atoms with Gasteiger partial charge in [-0.3, -0.25) is 4.72 Å². The van der Waals surface area contributed by atoms with E-state index in [0.717, 1.165) is 0 Å². The third kappa shape index (κ3) is 3.59. The summed E-state index contributed by atoms with van der Waals surface area (Å²) >= 11 is 20.6. The van der Waals surface area contributed by atoms with E-state index in [1.165, 1.54) is 18.2 Å². The maximum Gasteiger partial charge on any atom is 0.261 e. The Balaban J connectivity index is 2.38. The lowest BCUT2D eigenvalue weighted by Gasteiger charge is -2.10. The number of rotatable bonds is 3. The highest BCUT2D eigenvalue weighted by atomic mass is 79.9. The number of hydrogen-bond acceptors (Lipinski definition) is 2. The maximum atomic E-state index is 12.2. The molecule has 0 fully saturated rings. The Morgan fingerprint density at radius 3 is 2.25 bits per heavy atom. The van der Waals surface area contributed by atoms with E-state index in [-0.39, 0.29) is 9.92 Å². The van der Waals surface area contributed by atoms with Crippen molar-refractivity contribution in [1.29, 1.82) is 0 Å². The van der Waals surface area contributed by atoms with Crippen molar-refractivity contribution in [3.63, 3.8) is 0 Å². The lowest BCUT2D eigenvalue weighted by Crippen LogP contribution is -2.13. The molecule has 0 amide bonds. The molecule has 0 heterocycles. The predicted molar refractivity (Wildman–Crippen MR) is 86.4 cm³/mol. The number of anilines is 1. The molecule has 0 saturated heterocycles. The van der Waals surface area contributed by atoms with Crippen LogP contribution in [-0.2, 0) is 10.0 Å². The van der Waals surface area contributed by atoms with Crippen LogP contribution in [0.1, 0.15) is 0 Å². The van der Waals surface area contributed by atoms with E-state index in [0.29, 0.717) is 20.2 Å². The van der Waals surface area contributed by atoms with Gasteiger partial charge in [0.15, 0.2) is 0 Å². The molecule has 106 valence electrons. The van der Waals surface area contributed by atoms with Crippen molar-refractivity contribution in [2.45, 2.75) is 4.90 Å². The SMILES string of the molecule is O=S(=O)(Nc1ccc(Cl)cc1Br)c1ccc(Cl)c(Cl)c1. The van der Waals surface area contributed by atoms with Crippen LogP contribution in [0.4, 0.5) is 5.69 Å². The Labute approximate surface area is 140 Å². The van der Waals surface area contributed by atoms with E-state index in [1.807, 2.05) is 0 Å². The van der Waals surface area contributed by atoms with Gasteiger partial charge in [-0.2, -0.15) is 0 Å². The lowest BCUT2D eigenvalue weighted by atomic mass is 10.3. The molecular formula is C12H7BrCl3NO2S. The van der Waals surface area contributed by atoms with E-state index < -0.39 is 10.0 Å². The summed E-state index contributed by atoms with van der Waals surface area (Å²) in [4.78, 5) is 0.0220. The zero-order valence-electron chi connectivity index (χ0n) is 9.70. The number of sulfonamides is 1. The molecule has 2 rings (SSSR count). The van der Waals surface area contributed by atoms with E-state index in [4.69, 9.17) is 34.8 Å². The minimum atomic E-state index is -3.75. The standard InChI is InChI=1S/C12H7BrCl3NO2S/c13-9-5-7(14)1-4-12(9)17-20(18,19)8-2-3-10(15)11(16)6-8/h1-6,17H. The van der Waals surface area contributed by atoms with Crippen molar-refractivity contribution in [1.82, 2.24) is 0 Å². The fourth-order valence-corrected chi connectivity index (χ4v) is 3.80. The molecule has 1 N–H and O–H groups in total. The van der Waals surface area contributed by atoms with E-state index in [2.05, 4.69) is 20.7 Å². The molecule has 8 heteroatoms. The molecule has 0 radical (unpaired) electrons. The van der Waals surface area contributed by atoms with Crippen molar-refractivity contribution in [3.8, 4) is 0 Å². The quantitative estimate of drug-likeness (QED) is 0.748. The van der Waals surface area contributed by atoms with Crippen molar-refractivity contribution in [2.75, 3.05) is 4.72 Å². The molecule has 0 atom stereocenters. The summed E-state index contributed by atoms with van der Waals surface area (Å²) in [5.74, 6) is 0. The Hall–Kier alpha value is -0.460. The number of benzene rings is 2. The second-order valence-corrected chi connectivity index (χ2v) is 7.59. The monoisotopic (exact) mass is 413 g/mol. The molecule has 3 nitrogen and oxygen atoms in total. The first-order valence-electron chi connectivity index (χ1n) is 5.22. The molecule has 20 heavy (non-hydrogen) atoms. The molecule has 0 aliphatic rings. The Kier molecular flexibility index (Phi) is 4.87. The fourth-order valence-electron chi connectivity index (χ4n) is 1.42. The fraction of sp³-hybridized carbons (Fsp3) is 0. The average molecular weight is 416 g/mol. The van der Waals surface area contributed by atoms with Gasteiger partial charge in [0.05, 0.1) is 20.6 Å². The second-order valence-electron chi connectivity index (χ2n) is 3.81. The van der Waals surface area contributed by atoms with Crippen LogP contribution in [0.5, 0.6) is 0 Å². The van der Waals surface area contributed by atoms with Gasteiger partial charge in [0.2, 0.25) is 0 Å². The van der Waals surface area contributed by atoms with Gasteiger partial charge in [-0.1, -0.05) is 34.8 Å². The smallest absolute Gasteiger partial charge is 0.261 e. The third-order valence-corrected chi connectivity index (χ3v) is 5.37. The topological polar surface area (TPSA) is 46.2 Å². The largest absolute Gasteiger partial charge is 0.278 e. The van der Waals surface area contributed by atoms with Gasteiger partial charge in [0, 0.05) is 9.50 Å². The summed E-state index contributed by atoms with van der Waals surface area (Å²) in [5, 5.41) is 0.956. The lowest BCUT2D eigenvalue weighted by molar-refractivity contribution is 0.601. The van der Waals surface area contributed by atoms with Crippen LogP contribution in [0.15, 0.2) is 45.8 Å². The predicted octanol–water partition coefficient (Wildman–Crippen LogP) is 5.21. The molecule has 0 bridgehead atoms. The van der Waals surface area contributed by atoms with Gasteiger partial charge in [-0.15, -0.1) is 0 Å². The van der Waals surface area contributed by atoms with Gasteiger partial charge in [0.1, 0.15) is 0 Å². The number of halogens is 4. The van der Waals surface area contributed by atoms with Crippen LogP contribution in [0, 0.1) is 0 Å². The van der Waals surface area contributed by atoms with Crippen LogP contribution in [0.25, 0.3) is 0 Å². The zero-order valence-corrected chi connectivity index (χ0v) is 14.4. The first-order valence-corrected chi connectivity index (χ1v) is 8.63. The van der Waals surface area contributed by atoms with Crippen LogP contribution < -0.4 is 4.72 Å². The van der Waals surface area contributed by atoms with E-state index in [1.54, 1.807) is 18.2 Å². The maximum absolute atomic E-state index is 12.2. The summed E-state index contributed by atoms with van der Waals surface area (Å²) in [7, 11) is -3.75. The average Bonchev–Trinajstić information content (AvgIpc) is 2.36. The Morgan fingerprint density at radius 2 is 1.65 bits per heavy atom. The highest BCUT2D eigenvalue weighted by Crippen LogP contribution is 2.29. The van der Waals surface area contributed by atoms with Gasteiger partial charge in [-0.05, 0) is 52.3 Å². The normalized spacial score (nSPS) is 11.4. The molecule has 0 spiro atoms. The van der Waals surface area contributed by atoms with Gasteiger partial charge >= 0.3 is 0 Å². The number of hydrogen-bond donors (Lipinski definition) is 1. The van der Waals surface area contributed by atoms with Gasteiger partial charge in [0.25, 0.3) is 10.0 Å². The summed E-state index contributed by atoms with van der Waals surface area (Å²) < 4.78 is 27.4. The van der Waals surface area contributed by atoms with Crippen molar-refractivity contribution < 1.29 is 8.42 Å². The van der Waals surface area contributed by atoms with Crippen LogP contribution in [0.2, 0.25) is 15.1 Å². The summed E-state index contributed by atoms with van der Waals surface area (Å²) in [6.07, 6.45) is 0. The molecule has 0 unspecified atom stereocenters. The Morgan fingerprint density at radius 1 is 0.950 bits per heavy atom. The second kappa shape index (κ2) is 6.12. The first kappa shape index (κ1) is 15.9. The van der Waals surface area contributed by atoms with Gasteiger partial charge in [-0.25, -0.2) is 8.42 Å². The molecule has 2 aromatic carbocycles. The molecular weight excluding hydrogens is 408 g/mol. The molecule has 0 aromatic heterocycles. The third-order valence-electron chi connectivity index (χ3n) is 2.38. The Bertz CT molecular complexity index is 765. The van der Waals surface area contributed by atoms with Crippen molar-refractivity contribution >= 4 is 66.4 Å². The minimum Gasteiger partial charge on any atom is -0.278 e. The first-order chi connectivity index (χ1) is 9.29. The van der Waals surface area contributed by atoms with Crippen LogP contribution in [0.3, 0.4) is 0 Å². The zero-order chi connectivity index (χ0) is 14.9. The van der Waals surface area contributed by atoms with E-state index >= 15 is 0 Å². The molecule has 2 aromatic rings. The summed E-state index contributed by atoms with van der Waals surface area (Å²) in [5.41, 5.74) is 0.375. The molecule has 0 aliphatic heterocycles. The van der Waals surface area contributed by atoms with Crippen LogP contribution >= 0.6 is 50.7 Å². The van der Waals surface area contributed by atoms with Gasteiger partial charge < -0.3 is 0 Å². The molecule has 0 aliphatic carbocycles. The van der Waals surface area contributed by atoms with Crippen LogP contribution in [-0.4, -0.2) is 8.42 Å². The highest BCUT2D eigenvalue weighted by Gasteiger charge is 2.17. The van der Waals surface area contributed by atoms with E-state index in [9.17, 15) is 8.42 Å². The van der Waals surface area contributed by atoms with Crippen molar-refractivity contribution in [2.24, 2.45) is 0 Å². The highest BCUT2D eigenvalue weighted by molar-refractivity contribution is 9.10. The minimum absolute atomic E-state index is 0.0220. The summed E-state index contributed by atoms with van der Waals surface area (Å²) in [6, 6.07) is 8.82. The number of nitrogens with one attached hydrogen (secondary N) is 1. The van der Waals surface area contributed by atoms with Crippen molar-refractivity contribution in [3.05, 3.63) is 55.9 Å². The molecule has 0 saturated carbocycles.